The highest BCUT2D eigenvalue weighted by molar-refractivity contribution is 6.39. The number of anilines is 1. The summed E-state index contributed by atoms with van der Waals surface area (Å²) >= 11 is 12.2. The first-order valence-corrected chi connectivity index (χ1v) is 7.63. The maximum atomic E-state index is 11.8. The zero-order valence-electron chi connectivity index (χ0n) is 12.5. The molecule has 0 heterocycles. The number of halogens is 2. The third kappa shape index (κ3) is 5.21. The molecule has 0 aliphatic rings. The van der Waals surface area contributed by atoms with Crippen molar-refractivity contribution in [1.29, 1.82) is 0 Å². The standard InChI is InChI=1S/C15H20Cl2N2O2/c1-4-10(2)18-14(21)8-9-19(11(3)20)15-12(16)6-5-7-13(15)17/h5-7,10H,4,8-9H2,1-3H3,(H,18,21). The summed E-state index contributed by atoms with van der Waals surface area (Å²) in [4.78, 5) is 25.1. The van der Waals surface area contributed by atoms with Crippen molar-refractivity contribution < 1.29 is 9.59 Å². The van der Waals surface area contributed by atoms with Crippen molar-refractivity contribution in [3.8, 4) is 0 Å². The van der Waals surface area contributed by atoms with Gasteiger partial charge in [-0.1, -0.05) is 36.2 Å². The SMILES string of the molecule is CCC(C)NC(=O)CCN(C(C)=O)c1c(Cl)cccc1Cl. The van der Waals surface area contributed by atoms with Crippen LogP contribution in [0.25, 0.3) is 0 Å². The van der Waals surface area contributed by atoms with E-state index < -0.39 is 0 Å². The molecule has 1 atom stereocenters. The lowest BCUT2D eigenvalue weighted by Crippen LogP contribution is -2.37. The maximum Gasteiger partial charge on any atom is 0.223 e. The van der Waals surface area contributed by atoms with Crippen LogP contribution < -0.4 is 10.2 Å². The summed E-state index contributed by atoms with van der Waals surface area (Å²) in [6.45, 7) is 5.59. The van der Waals surface area contributed by atoms with Gasteiger partial charge in [0.1, 0.15) is 0 Å². The summed E-state index contributed by atoms with van der Waals surface area (Å²) in [5.41, 5.74) is 0.449. The Balaban J connectivity index is 2.80. The number of amides is 2. The summed E-state index contributed by atoms with van der Waals surface area (Å²) in [6, 6.07) is 5.16. The van der Waals surface area contributed by atoms with E-state index in [4.69, 9.17) is 23.2 Å². The summed E-state index contributed by atoms with van der Waals surface area (Å²) in [5, 5.41) is 3.64. The minimum Gasteiger partial charge on any atom is -0.354 e. The largest absolute Gasteiger partial charge is 0.354 e. The molecule has 0 saturated carbocycles. The molecule has 1 aromatic carbocycles. The van der Waals surface area contributed by atoms with Crippen LogP contribution in [0.2, 0.25) is 10.0 Å². The Labute approximate surface area is 135 Å². The quantitative estimate of drug-likeness (QED) is 0.865. The van der Waals surface area contributed by atoms with Gasteiger partial charge in [0.25, 0.3) is 0 Å². The van der Waals surface area contributed by atoms with Crippen molar-refractivity contribution in [1.82, 2.24) is 5.32 Å². The fourth-order valence-electron chi connectivity index (χ4n) is 1.84. The van der Waals surface area contributed by atoms with Crippen LogP contribution in [0.4, 0.5) is 5.69 Å². The van der Waals surface area contributed by atoms with Crippen molar-refractivity contribution in [3.63, 3.8) is 0 Å². The number of rotatable bonds is 6. The molecular formula is C15H20Cl2N2O2. The Kier molecular flexibility index (Phi) is 6.99. The van der Waals surface area contributed by atoms with Crippen molar-refractivity contribution in [2.45, 2.75) is 39.7 Å². The van der Waals surface area contributed by atoms with Crippen LogP contribution in [0.3, 0.4) is 0 Å². The topological polar surface area (TPSA) is 49.4 Å². The maximum absolute atomic E-state index is 11.8. The van der Waals surface area contributed by atoms with Gasteiger partial charge < -0.3 is 10.2 Å². The Morgan fingerprint density at radius 3 is 2.33 bits per heavy atom. The molecule has 0 spiro atoms. The first-order chi connectivity index (χ1) is 9.86. The van der Waals surface area contributed by atoms with Crippen LogP contribution in [0, 0.1) is 0 Å². The summed E-state index contributed by atoms with van der Waals surface area (Å²) in [6.07, 6.45) is 1.06. The van der Waals surface area contributed by atoms with E-state index in [1.54, 1.807) is 18.2 Å². The van der Waals surface area contributed by atoms with Crippen molar-refractivity contribution in [2.24, 2.45) is 0 Å². The number of carbonyl (C=O) groups is 2. The van der Waals surface area contributed by atoms with Crippen molar-refractivity contribution >= 4 is 40.7 Å². The number of benzene rings is 1. The van der Waals surface area contributed by atoms with E-state index in [1.807, 2.05) is 13.8 Å². The molecule has 0 fully saturated rings. The van der Waals surface area contributed by atoms with Gasteiger partial charge in [0.05, 0.1) is 15.7 Å². The third-order valence-electron chi connectivity index (χ3n) is 3.17. The van der Waals surface area contributed by atoms with Crippen LogP contribution in [-0.2, 0) is 9.59 Å². The Hall–Kier alpha value is -1.26. The number of nitrogens with one attached hydrogen (secondary N) is 1. The molecule has 1 N–H and O–H groups in total. The van der Waals surface area contributed by atoms with Crippen LogP contribution in [0.1, 0.15) is 33.6 Å². The van der Waals surface area contributed by atoms with E-state index in [0.29, 0.717) is 15.7 Å². The van der Waals surface area contributed by atoms with Crippen molar-refractivity contribution in [3.05, 3.63) is 28.2 Å². The molecule has 1 aromatic rings. The van der Waals surface area contributed by atoms with Gasteiger partial charge in [0.2, 0.25) is 11.8 Å². The number of hydrogen-bond acceptors (Lipinski definition) is 2. The number of carbonyl (C=O) groups excluding carboxylic acids is 2. The lowest BCUT2D eigenvalue weighted by atomic mass is 10.2. The molecule has 0 bridgehead atoms. The van der Waals surface area contributed by atoms with Crippen LogP contribution in [0.5, 0.6) is 0 Å². The van der Waals surface area contributed by atoms with Gasteiger partial charge in [-0.05, 0) is 25.5 Å². The van der Waals surface area contributed by atoms with Gasteiger partial charge in [-0.15, -0.1) is 0 Å². The zero-order chi connectivity index (χ0) is 16.0. The monoisotopic (exact) mass is 330 g/mol. The summed E-state index contributed by atoms with van der Waals surface area (Å²) < 4.78 is 0. The molecule has 0 aliphatic heterocycles. The second-order valence-electron chi connectivity index (χ2n) is 4.87. The van der Waals surface area contributed by atoms with Gasteiger partial charge in [-0.3, -0.25) is 9.59 Å². The smallest absolute Gasteiger partial charge is 0.223 e. The van der Waals surface area contributed by atoms with Gasteiger partial charge in [-0.2, -0.15) is 0 Å². The molecule has 21 heavy (non-hydrogen) atoms. The number of para-hydroxylation sites is 1. The van der Waals surface area contributed by atoms with E-state index in [9.17, 15) is 9.59 Å². The molecule has 0 aromatic heterocycles. The molecule has 1 rings (SSSR count). The Morgan fingerprint density at radius 1 is 1.29 bits per heavy atom. The molecule has 0 radical (unpaired) electrons. The Morgan fingerprint density at radius 2 is 1.86 bits per heavy atom. The minimum absolute atomic E-state index is 0.0984. The molecule has 2 amide bonds. The third-order valence-corrected chi connectivity index (χ3v) is 3.78. The fourth-order valence-corrected chi connectivity index (χ4v) is 2.44. The van der Waals surface area contributed by atoms with Crippen LogP contribution in [0.15, 0.2) is 18.2 Å². The van der Waals surface area contributed by atoms with Crippen LogP contribution in [-0.4, -0.2) is 24.4 Å². The molecule has 116 valence electrons. The molecular weight excluding hydrogens is 311 g/mol. The van der Waals surface area contributed by atoms with Crippen molar-refractivity contribution in [2.75, 3.05) is 11.4 Å². The van der Waals surface area contributed by atoms with E-state index in [0.717, 1.165) is 6.42 Å². The number of nitrogens with zero attached hydrogens (tertiary/aromatic N) is 1. The molecule has 6 heteroatoms. The normalized spacial score (nSPS) is 11.9. The van der Waals surface area contributed by atoms with Gasteiger partial charge >= 0.3 is 0 Å². The fraction of sp³-hybridized carbons (Fsp3) is 0.467. The molecule has 0 saturated heterocycles. The molecule has 1 unspecified atom stereocenters. The summed E-state index contributed by atoms with van der Waals surface area (Å²) in [5.74, 6) is -0.305. The minimum atomic E-state index is -0.207. The highest BCUT2D eigenvalue weighted by Gasteiger charge is 2.19. The van der Waals surface area contributed by atoms with Gasteiger partial charge in [0.15, 0.2) is 0 Å². The lowest BCUT2D eigenvalue weighted by Gasteiger charge is -2.23. The van der Waals surface area contributed by atoms with Crippen LogP contribution >= 0.6 is 23.2 Å². The van der Waals surface area contributed by atoms with E-state index in [1.165, 1.54) is 11.8 Å². The van der Waals surface area contributed by atoms with E-state index in [2.05, 4.69) is 5.32 Å². The average Bonchev–Trinajstić information content (AvgIpc) is 2.41. The predicted molar refractivity (Wildman–Crippen MR) is 87.0 cm³/mol. The van der Waals surface area contributed by atoms with Gasteiger partial charge in [0, 0.05) is 25.9 Å². The van der Waals surface area contributed by atoms with Gasteiger partial charge in [-0.25, -0.2) is 0 Å². The number of hydrogen-bond donors (Lipinski definition) is 1. The lowest BCUT2D eigenvalue weighted by molar-refractivity contribution is -0.121. The average molecular weight is 331 g/mol. The second kappa shape index (κ2) is 8.25. The first kappa shape index (κ1) is 17.8. The predicted octanol–water partition coefficient (Wildman–Crippen LogP) is 3.65. The highest BCUT2D eigenvalue weighted by Crippen LogP contribution is 2.33. The highest BCUT2D eigenvalue weighted by atomic mass is 35.5. The van der Waals surface area contributed by atoms with E-state index >= 15 is 0 Å². The molecule has 0 aliphatic carbocycles. The first-order valence-electron chi connectivity index (χ1n) is 6.88. The molecule has 4 nitrogen and oxygen atoms in total. The second-order valence-corrected chi connectivity index (χ2v) is 5.68. The Bertz CT molecular complexity index is 500. The zero-order valence-corrected chi connectivity index (χ0v) is 14.0. The summed E-state index contributed by atoms with van der Waals surface area (Å²) in [7, 11) is 0. The van der Waals surface area contributed by atoms with E-state index in [-0.39, 0.29) is 30.8 Å².